The van der Waals surface area contributed by atoms with E-state index in [2.05, 4.69) is 15.4 Å². The lowest BCUT2D eigenvalue weighted by molar-refractivity contribution is -0.119. The van der Waals surface area contributed by atoms with E-state index in [-0.39, 0.29) is 11.5 Å². The van der Waals surface area contributed by atoms with Crippen LogP contribution in [0.15, 0.2) is 45.1 Å². The van der Waals surface area contributed by atoms with E-state index in [1.165, 1.54) is 23.7 Å². The predicted octanol–water partition coefficient (Wildman–Crippen LogP) is 2.47. The molecule has 0 aliphatic heterocycles. The molecule has 0 bridgehead atoms. The summed E-state index contributed by atoms with van der Waals surface area (Å²) in [6.07, 6.45) is 1.52. The molecule has 1 unspecified atom stereocenters. The molecule has 0 saturated heterocycles. The molecular formula is C15H14N4O3S. The second-order valence-corrected chi connectivity index (χ2v) is 5.80. The van der Waals surface area contributed by atoms with Gasteiger partial charge in [-0.1, -0.05) is 0 Å². The Morgan fingerprint density at radius 3 is 2.87 bits per heavy atom. The molecule has 0 radical (unpaired) electrons. The number of aryl methyl sites for hydroxylation is 1. The van der Waals surface area contributed by atoms with Gasteiger partial charge in [-0.15, -0.1) is 11.3 Å². The fourth-order valence-corrected chi connectivity index (χ4v) is 2.68. The van der Waals surface area contributed by atoms with Gasteiger partial charge < -0.3 is 9.73 Å². The summed E-state index contributed by atoms with van der Waals surface area (Å²) in [5.41, 5.74) is 0.950. The SMILES string of the molecule is Cc1csc(NC(=O)C(C)n2nc(-c3ccco3)ccc2=O)n1. The summed E-state index contributed by atoms with van der Waals surface area (Å²) in [7, 11) is 0. The molecule has 3 aromatic rings. The fourth-order valence-electron chi connectivity index (χ4n) is 1.99. The fraction of sp³-hybridized carbons (Fsp3) is 0.200. The zero-order valence-electron chi connectivity index (χ0n) is 12.5. The largest absolute Gasteiger partial charge is 0.463 e. The second-order valence-electron chi connectivity index (χ2n) is 4.94. The third kappa shape index (κ3) is 3.21. The van der Waals surface area contributed by atoms with Crippen molar-refractivity contribution in [3.8, 4) is 11.5 Å². The average Bonchev–Trinajstić information content (AvgIpc) is 3.19. The maximum Gasteiger partial charge on any atom is 0.267 e. The van der Waals surface area contributed by atoms with E-state index in [0.29, 0.717) is 16.6 Å². The lowest BCUT2D eigenvalue weighted by atomic mass is 10.3. The molecule has 8 heteroatoms. The highest BCUT2D eigenvalue weighted by molar-refractivity contribution is 7.13. The van der Waals surface area contributed by atoms with Gasteiger partial charge in [0.15, 0.2) is 10.9 Å². The van der Waals surface area contributed by atoms with Crippen LogP contribution in [0, 0.1) is 6.92 Å². The molecule has 1 amide bonds. The minimum absolute atomic E-state index is 0.356. The summed E-state index contributed by atoms with van der Waals surface area (Å²) in [5.74, 6) is 0.174. The molecule has 7 nitrogen and oxygen atoms in total. The van der Waals surface area contributed by atoms with Gasteiger partial charge in [-0.3, -0.25) is 9.59 Å². The minimum Gasteiger partial charge on any atom is -0.463 e. The van der Waals surface area contributed by atoms with Crippen LogP contribution in [0.1, 0.15) is 18.7 Å². The lowest BCUT2D eigenvalue weighted by Gasteiger charge is -2.13. The molecule has 0 aliphatic carbocycles. The second kappa shape index (κ2) is 6.17. The van der Waals surface area contributed by atoms with Crippen LogP contribution < -0.4 is 10.9 Å². The molecule has 1 N–H and O–H groups in total. The Labute approximate surface area is 135 Å². The first-order valence-electron chi connectivity index (χ1n) is 6.91. The summed E-state index contributed by atoms with van der Waals surface area (Å²) in [6, 6.07) is 5.61. The number of hydrogen-bond donors (Lipinski definition) is 1. The Hall–Kier alpha value is -2.74. The number of anilines is 1. The van der Waals surface area contributed by atoms with Crippen molar-refractivity contribution in [2.24, 2.45) is 0 Å². The van der Waals surface area contributed by atoms with Gasteiger partial charge in [0.25, 0.3) is 11.5 Å². The summed E-state index contributed by atoms with van der Waals surface area (Å²) in [5, 5.41) is 9.23. The van der Waals surface area contributed by atoms with Crippen molar-refractivity contribution in [1.82, 2.24) is 14.8 Å². The van der Waals surface area contributed by atoms with E-state index in [4.69, 9.17) is 4.42 Å². The summed E-state index contributed by atoms with van der Waals surface area (Å²) in [6.45, 7) is 3.45. The number of aromatic nitrogens is 3. The number of amides is 1. The molecule has 0 aliphatic rings. The molecule has 3 aromatic heterocycles. The van der Waals surface area contributed by atoms with Gasteiger partial charge in [-0.2, -0.15) is 5.10 Å². The van der Waals surface area contributed by atoms with E-state index in [1.807, 2.05) is 12.3 Å². The standard InChI is InChI=1S/C15H14N4O3S/c1-9-8-23-15(16-9)17-14(21)10(2)19-13(20)6-5-11(18-19)12-4-3-7-22-12/h3-8,10H,1-2H3,(H,16,17,21). The molecule has 0 saturated carbocycles. The Morgan fingerprint density at radius 2 is 2.22 bits per heavy atom. The smallest absolute Gasteiger partial charge is 0.267 e. The van der Waals surface area contributed by atoms with Crippen molar-refractivity contribution in [2.75, 3.05) is 5.32 Å². The molecule has 0 aromatic carbocycles. The normalized spacial score (nSPS) is 12.1. The monoisotopic (exact) mass is 330 g/mol. The van der Waals surface area contributed by atoms with Crippen LogP contribution in [0.2, 0.25) is 0 Å². The molecule has 23 heavy (non-hydrogen) atoms. The highest BCUT2D eigenvalue weighted by Gasteiger charge is 2.19. The van der Waals surface area contributed by atoms with Crippen LogP contribution in [-0.2, 0) is 4.79 Å². The summed E-state index contributed by atoms with van der Waals surface area (Å²) in [4.78, 5) is 28.5. The van der Waals surface area contributed by atoms with Crippen molar-refractivity contribution in [3.05, 3.63) is 52.0 Å². The Kier molecular flexibility index (Phi) is 4.07. The molecule has 3 heterocycles. The molecular weight excluding hydrogens is 316 g/mol. The Bertz CT molecular complexity index is 882. The number of carbonyl (C=O) groups is 1. The molecule has 1 atom stereocenters. The minimum atomic E-state index is -0.776. The van der Waals surface area contributed by atoms with E-state index in [9.17, 15) is 9.59 Å². The van der Waals surface area contributed by atoms with Crippen LogP contribution in [0.25, 0.3) is 11.5 Å². The first-order chi connectivity index (χ1) is 11.0. The van der Waals surface area contributed by atoms with Crippen LogP contribution >= 0.6 is 11.3 Å². The lowest BCUT2D eigenvalue weighted by Crippen LogP contribution is -2.33. The predicted molar refractivity (Wildman–Crippen MR) is 86.4 cm³/mol. The first kappa shape index (κ1) is 15.2. The van der Waals surface area contributed by atoms with Gasteiger partial charge in [-0.05, 0) is 32.0 Å². The van der Waals surface area contributed by atoms with E-state index in [0.717, 1.165) is 10.4 Å². The van der Waals surface area contributed by atoms with Crippen molar-refractivity contribution in [1.29, 1.82) is 0 Å². The number of nitrogens with one attached hydrogen (secondary N) is 1. The zero-order chi connectivity index (χ0) is 16.4. The molecule has 118 valence electrons. The summed E-state index contributed by atoms with van der Waals surface area (Å²) < 4.78 is 6.40. The first-order valence-corrected chi connectivity index (χ1v) is 7.79. The van der Waals surface area contributed by atoms with E-state index >= 15 is 0 Å². The van der Waals surface area contributed by atoms with Crippen LogP contribution in [0.3, 0.4) is 0 Å². The third-order valence-electron chi connectivity index (χ3n) is 3.19. The molecule has 0 spiro atoms. The van der Waals surface area contributed by atoms with Crippen molar-refractivity contribution in [2.45, 2.75) is 19.9 Å². The quantitative estimate of drug-likeness (QED) is 0.793. The molecule has 0 fully saturated rings. The van der Waals surface area contributed by atoms with Gasteiger partial charge in [0.05, 0.1) is 12.0 Å². The topological polar surface area (TPSA) is 90.0 Å². The number of carbonyl (C=O) groups excluding carboxylic acids is 1. The van der Waals surface area contributed by atoms with Crippen molar-refractivity contribution in [3.63, 3.8) is 0 Å². The van der Waals surface area contributed by atoms with Crippen molar-refractivity contribution >= 4 is 22.4 Å². The maximum atomic E-state index is 12.3. The highest BCUT2D eigenvalue weighted by Crippen LogP contribution is 2.18. The number of hydrogen-bond acceptors (Lipinski definition) is 6. The van der Waals surface area contributed by atoms with Gasteiger partial charge in [0.2, 0.25) is 0 Å². The van der Waals surface area contributed by atoms with Crippen molar-refractivity contribution < 1.29 is 9.21 Å². The van der Waals surface area contributed by atoms with Gasteiger partial charge in [0.1, 0.15) is 11.7 Å². The number of thiazole rings is 1. The maximum absolute atomic E-state index is 12.3. The van der Waals surface area contributed by atoms with Gasteiger partial charge >= 0.3 is 0 Å². The number of rotatable bonds is 4. The van der Waals surface area contributed by atoms with Crippen LogP contribution in [-0.4, -0.2) is 20.7 Å². The van der Waals surface area contributed by atoms with E-state index in [1.54, 1.807) is 25.1 Å². The Morgan fingerprint density at radius 1 is 1.39 bits per heavy atom. The highest BCUT2D eigenvalue weighted by atomic mass is 32.1. The average molecular weight is 330 g/mol. The van der Waals surface area contributed by atoms with Gasteiger partial charge in [0, 0.05) is 11.4 Å². The zero-order valence-corrected chi connectivity index (χ0v) is 13.3. The van der Waals surface area contributed by atoms with Gasteiger partial charge in [-0.25, -0.2) is 9.67 Å². The van der Waals surface area contributed by atoms with E-state index < -0.39 is 6.04 Å². The van der Waals surface area contributed by atoms with Crippen LogP contribution in [0.5, 0.6) is 0 Å². The van der Waals surface area contributed by atoms with Crippen LogP contribution in [0.4, 0.5) is 5.13 Å². The summed E-state index contributed by atoms with van der Waals surface area (Å²) >= 11 is 1.33. The number of furan rings is 1. The third-order valence-corrected chi connectivity index (χ3v) is 4.07. The molecule has 3 rings (SSSR count). The number of nitrogens with zero attached hydrogens (tertiary/aromatic N) is 3. The Balaban J connectivity index is 1.86.